The van der Waals surface area contributed by atoms with Crippen molar-refractivity contribution in [1.29, 1.82) is 0 Å². The average Bonchev–Trinajstić information content (AvgIpc) is 3.16. The largest absolute Gasteiger partial charge is 0.442 e. The highest BCUT2D eigenvalue weighted by molar-refractivity contribution is 7.80. The zero-order valence-corrected chi connectivity index (χ0v) is 18.7. The van der Waals surface area contributed by atoms with E-state index in [1.54, 1.807) is 17.0 Å². The number of cyclic esters (lactones) is 1. The van der Waals surface area contributed by atoms with Gasteiger partial charge in [-0.15, -0.1) is 0 Å². The number of thiocarbonyl (C=S) groups is 1. The fraction of sp³-hybridized carbons (Fsp3) is 0.571. The molecule has 170 valence electrons. The number of halogens is 1. The number of aliphatic hydroxyl groups is 1. The minimum Gasteiger partial charge on any atom is -0.442 e. The summed E-state index contributed by atoms with van der Waals surface area (Å²) in [4.78, 5) is 29.5. The summed E-state index contributed by atoms with van der Waals surface area (Å²) in [7, 11) is 0. The Morgan fingerprint density at radius 3 is 2.68 bits per heavy atom. The van der Waals surface area contributed by atoms with Gasteiger partial charge in [0.15, 0.2) is 0 Å². The molecule has 2 aliphatic rings. The van der Waals surface area contributed by atoms with Gasteiger partial charge in [0.1, 0.15) is 18.5 Å². The molecule has 2 aliphatic heterocycles. The smallest absolute Gasteiger partial charge is 0.414 e. The quantitative estimate of drug-likeness (QED) is 0.610. The fourth-order valence-electron chi connectivity index (χ4n) is 3.63. The monoisotopic (exact) mass is 452 g/mol. The molecular formula is C21H29FN4O4S. The molecule has 0 aliphatic carbocycles. The number of hydrogen-bond donors (Lipinski definition) is 2. The highest BCUT2D eigenvalue weighted by Gasteiger charge is 2.33. The molecule has 2 atom stereocenters. The molecule has 1 aromatic rings. The predicted octanol–water partition coefficient (Wildman–Crippen LogP) is 1.75. The first-order valence-electron chi connectivity index (χ1n) is 10.5. The zero-order chi connectivity index (χ0) is 22.5. The Morgan fingerprint density at radius 1 is 1.35 bits per heavy atom. The van der Waals surface area contributed by atoms with Crippen molar-refractivity contribution in [1.82, 2.24) is 10.2 Å². The van der Waals surface area contributed by atoms with Crippen LogP contribution in [0.2, 0.25) is 0 Å². The van der Waals surface area contributed by atoms with Gasteiger partial charge in [-0.25, -0.2) is 9.18 Å². The molecule has 10 heteroatoms. The summed E-state index contributed by atoms with van der Waals surface area (Å²) in [6.07, 6.45) is 0.0554. The number of amides is 2. The molecule has 8 nitrogen and oxygen atoms in total. The number of benzene rings is 1. The van der Waals surface area contributed by atoms with E-state index in [1.165, 1.54) is 11.0 Å². The van der Waals surface area contributed by atoms with Crippen molar-refractivity contribution in [2.24, 2.45) is 5.92 Å². The number of piperazine rings is 1. The maximum absolute atomic E-state index is 14.8. The van der Waals surface area contributed by atoms with Crippen molar-refractivity contribution >= 4 is 40.6 Å². The molecule has 2 unspecified atom stereocenters. The van der Waals surface area contributed by atoms with Crippen LogP contribution in [0, 0.1) is 11.7 Å². The Balaban J connectivity index is 1.59. The van der Waals surface area contributed by atoms with Crippen LogP contribution < -0.4 is 15.1 Å². The molecule has 0 saturated carbocycles. The van der Waals surface area contributed by atoms with Gasteiger partial charge in [0.05, 0.1) is 29.5 Å². The Bertz CT molecular complexity index is 832. The molecule has 0 spiro atoms. The third kappa shape index (κ3) is 5.43. The molecule has 31 heavy (non-hydrogen) atoms. The lowest BCUT2D eigenvalue weighted by molar-refractivity contribution is -0.134. The highest BCUT2D eigenvalue weighted by atomic mass is 32.1. The predicted molar refractivity (Wildman–Crippen MR) is 120 cm³/mol. The number of nitrogens with one attached hydrogen (secondary N) is 1. The van der Waals surface area contributed by atoms with Crippen molar-refractivity contribution in [3.05, 3.63) is 24.0 Å². The third-order valence-electron chi connectivity index (χ3n) is 5.79. The zero-order valence-electron chi connectivity index (χ0n) is 17.8. The Kier molecular flexibility index (Phi) is 7.66. The molecule has 2 fully saturated rings. The van der Waals surface area contributed by atoms with E-state index in [9.17, 15) is 14.0 Å². The van der Waals surface area contributed by atoms with Crippen LogP contribution in [-0.4, -0.2) is 79.0 Å². The van der Waals surface area contributed by atoms with E-state index in [2.05, 4.69) is 12.2 Å². The molecule has 2 heterocycles. The first kappa shape index (κ1) is 23.2. The molecule has 0 radical (unpaired) electrons. The van der Waals surface area contributed by atoms with Crippen LogP contribution in [0.5, 0.6) is 0 Å². The molecular weight excluding hydrogens is 423 g/mol. The van der Waals surface area contributed by atoms with Crippen LogP contribution in [0.1, 0.15) is 20.3 Å². The molecule has 2 amide bonds. The van der Waals surface area contributed by atoms with Gasteiger partial charge in [-0.2, -0.15) is 0 Å². The van der Waals surface area contributed by atoms with Crippen molar-refractivity contribution in [2.45, 2.75) is 26.4 Å². The number of anilines is 2. The second kappa shape index (κ2) is 10.2. The first-order valence-corrected chi connectivity index (χ1v) is 10.9. The van der Waals surface area contributed by atoms with Gasteiger partial charge in [0, 0.05) is 32.1 Å². The Hall–Kier alpha value is -2.46. The fourth-order valence-corrected chi connectivity index (χ4v) is 3.88. The van der Waals surface area contributed by atoms with Crippen LogP contribution in [0.15, 0.2) is 18.2 Å². The van der Waals surface area contributed by atoms with Crippen molar-refractivity contribution < 1.29 is 23.8 Å². The summed E-state index contributed by atoms with van der Waals surface area (Å²) >= 11 is 5.33. The molecule has 2 saturated heterocycles. The van der Waals surface area contributed by atoms with E-state index < -0.39 is 18.5 Å². The lowest BCUT2D eigenvalue weighted by Gasteiger charge is -2.36. The van der Waals surface area contributed by atoms with Crippen LogP contribution in [0.25, 0.3) is 0 Å². The molecule has 0 aromatic heterocycles. The highest BCUT2D eigenvalue weighted by Crippen LogP contribution is 2.28. The van der Waals surface area contributed by atoms with Gasteiger partial charge < -0.3 is 25.0 Å². The number of hydrogen-bond acceptors (Lipinski definition) is 6. The summed E-state index contributed by atoms with van der Waals surface area (Å²) in [5.41, 5.74) is 0.858. The van der Waals surface area contributed by atoms with E-state index in [1.807, 2.05) is 11.8 Å². The molecule has 2 N–H and O–H groups in total. The summed E-state index contributed by atoms with van der Waals surface area (Å²) in [6.45, 7) is 6.10. The summed E-state index contributed by atoms with van der Waals surface area (Å²) < 4.78 is 20.2. The van der Waals surface area contributed by atoms with Crippen LogP contribution in [-0.2, 0) is 9.53 Å². The van der Waals surface area contributed by atoms with Gasteiger partial charge in [-0.3, -0.25) is 9.69 Å². The Morgan fingerprint density at radius 2 is 2.06 bits per heavy atom. The van der Waals surface area contributed by atoms with E-state index in [4.69, 9.17) is 22.1 Å². The molecule has 0 bridgehead atoms. The Labute approximate surface area is 186 Å². The third-order valence-corrected chi connectivity index (χ3v) is 6.34. The van der Waals surface area contributed by atoms with Crippen LogP contribution in [0.4, 0.5) is 20.6 Å². The number of carbonyl (C=O) groups excluding carboxylic acids is 2. The SMILES string of the molecule is CCC(C)C(=S)NCC1CN(c2ccc(N3CCN(C(=O)CO)CC3)c(F)c2)C(=O)O1. The summed E-state index contributed by atoms with van der Waals surface area (Å²) in [5.74, 6) is -0.503. The number of ether oxygens (including phenoxy) is 1. The van der Waals surface area contributed by atoms with Crippen molar-refractivity contribution in [3.63, 3.8) is 0 Å². The van der Waals surface area contributed by atoms with Crippen LogP contribution >= 0.6 is 12.2 Å². The number of carbonyl (C=O) groups is 2. The summed E-state index contributed by atoms with van der Waals surface area (Å²) in [5, 5.41) is 12.1. The number of nitrogens with zero attached hydrogens (tertiary/aromatic N) is 3. The van der Waals surface area contributed by atoms with E-state index in [0.717, 1.165) is 11.4 Å². The van der Waals surface area contributed by atoms with E-state index in [-0.39, 0.29) is 17.9 Å². The maximum atomic E-state index is 14.8. The van der Waals surface area contributed by atoms with Gasteiger partial charge in [0.2, 0.25) is 5.91 Å². The standard InChI is InChI=1S/C21H29FN4O4S/c1-3-14(2)20(31)23-11-16-12-26(21(29)30-16)15-4-5-18(17(22)10-15)24-6-8-25(9-7-24)19(28)13-27/h4-5,10,14,16,27H,3,6-9,11-13H2,1-2H3,(H,23,31). The van der Waals surface area contributed by atoms with E-state index >= 15 is 0 Å². The van der Waals surface area contributed by atoms with Crippen molar-refractivity contribution in [2.75, 3.05) is 55.7 Å². The molecule has 3 rings (SSSR count). The van der Waals surface area contributed by atoms with Crippen LogP contribution in [0.3, 0.4) is 0 Å². The molecule has 1 aromatic carbocycles. The average molecular weight is 453 g/mol. The minimum atomic E-state index is -0.519. The van der Waals surface area contributed by atoms with Crippen molar-refractivity contribution in [3.8, 4) is 0 Å². The normalized spacial score (nSPS) is 19.9. The minimum absolute atomic E-state index is 0.258. The number of rotatable bonds is 7. The van der Waals surface area contributed by atoms with Gasteiger partial charge in [-0.05, 0) is 24.6 Å². The van der Waals surface area contributed by atoms with Gasteiger partial charge >= 0.3 is 6.09 Å². The second-order valence-electron chi connectivity index (χ2n) is 7.83. The summed E-state index contributed by atoms with van der Waals surface area (Å²) in [6, 6.07) is 4.68. The van der Waals surface area contributed by atoms with E-state index in [0.29, 0.717) is 50.6 Å². The lowest BCUT2D eigenvalue weighted by Crippen LogP contribution is -2.49. The first-order chi connectivity index (χ1) is 14.8. The lowest BCUT2D eigenvalue weighted by atomic mass is 10.1. The second-order valence-corrected chi connectivity index (χ2v) is 8.27. The number of aliphatic hydroxyl groups excluding tert-OH is 1. The van der Waals surface area contributed by atoms with Gasteiger partial charge in [-0.1, -0.05) is 26.1 Å². The topological polar surface area (TPSA) is 85.4 Å². The van der Waals surface area contributed by atoms with Gasteiger partial charge in [0.25, 0.3) is 0 Å². The maximum Gasteiger partial charge on any atom is 0.414 e.